The van der Waals surface area contributed by atoms with Gasteiger partial charge in [0.1, 0.15) is 10.6 Å². The van der Waals surface area contributed by atoms with Crippen molar-refractivity contribution in [2.45, 2.75) is 49.8 Å². The number of para-hydroxylation sites is 1. The monoisotopic (exact) mass is 503 g/mol. The van der Waals surface area contributed by atoms with Crippen LogP contribution in [0.25, 0.3) is 11.1 Å². The van der Waals surface area contributed by atoms with E-state index in [2.05, 4.69) is 16.9 Å². The zero-order chi connectivity index (χ0) is 25.7. The van der Waals surface area contributed by atoms with Crippen molar-refractivity contribution in [1.29, 1.82) is 0 Å². The van der Waals surface area contributed by atoms with Crippen LogP contribution >= 0.6 is 11.8 Å². The van der Waals surface area contributed by atoms with Crippen LogP contribution in [0.1, 0.15) is 37.9 Å². The Labute approximate surface area is 215 Å². The van der Waals surface area contributed by atoms with E-state index in [0.29, 0.717) is 24.2 Å². The maximum Gasteiger partial charge on any atom is 0.266 e. The normalized spacial score (nSPS) is 11.0. The lowest BCUT2D eigenvalue weighted by Crippen LogP contribution is -2.22. The second-order valence-electron chi connectivity index (χ2n) is 8.54. The fraction of sp³-hybridized carbons (Fsp3) is 0.241. The van der Waals surface area contributed by atoms with Gasteiger partial charge in [-0.2, -0.15) is 4.39 Å². The van der Waals surface area contributed by atoms with E-state index in [0.717, 1.165) is 40.2 Å². The summed E-state index contributed by atoms with van der Waals surface area (Å²) in [6, 6.07) is 19.1. The Morgan fingerprint density at radius 3 is 2.44 bits per heavy atom. The van der Waals surface area contributed by atoms with Crippen molar-refractivity contribution in [3.63, 3.8) is 0 Å². The molecule has 0 bridgehead atoms. The van der Waals surface area contributed by atoms with Crippen LogP contribution in [0.2, 0.25) is 0 Å². The topological polar surface area (TPSA) is 69.2 Å². The third-order valence-corrected chi connectivity index (χ3v) is 7.25. The van der Waals surface area contributed by atoms with Crippen LogP contribution < -0.4 is 10.5 Å². The summed E-state index contributed by atoms with van der Waals surface area (Å²) < 4.78 is 13.9. The minimum atomic E-state index is -0.489. The number of pyridine rings is 2. The van der Waals surface area contributed by atoms with Gasteiger partial charge in [-0.25, -0.2) is 4.98 Å². The molecule has 36 heavy (non-hydrogen) atoms. The highest BCUT2D eigenvalue weighted by Crippen LogP contribution is 2.42. The first-order valence-corrected chi connectivity index (χ1v) is 13.0. The molecular formula is C29H30FN3O2S. The van der Waals surface area contributed by atoms with Gasteiger partial charge in [0, 0.05) is 34.6 Å². The Morgan fingerprint density at radius 2 is 1.78 bits per heavy atom. The number of nitrogens with one attached hydrogen (secondary N) is 1. The number of hydrogen-bond donors (Lipinski definition) is 2. The van der Waals surface area contributed by atoms with Gasteiger partial charge >= 0.3 is 0 Å². The molecule has 0 atom stereocenters. The Hall–Kier alpha value is -3.58. The molecule has 2 N–H and O–H groups in total. The number of unbranched alkanes of at least 4 members (excludes halogenated alkanes) is 1. The fourth-order valence-corrected chi connectivity index (χ4v) is 5.10. The van der Waals surface area contributed by atoms with Gasteiger partial charge in [-0.1, -0.05) is 55.4 Å². The average molecular weight is 504 g/mol. The molecule has 2 aromatic carbocycles. The van der Waals surface area contributed by atoms with Crippen LogP contribution in [0.3, 0.4) is 0 Å². The number of aromatic amines is 1. The Balaban J connectivity index is 1.73. The molecule has 0 saturated heterocycles. The highest BCUT2D eigenvalue weighted by Gasteiger charge is 2.23. The summed E-state index contributed by atoms with van der Waals surface area (Å²) >= 11 is 1.22. The molecule has 0 aliphatic heterocycles. The second-order valence-corrected chi connectivity index (χ2v) is 9.63. The molecule has 0 aliphatic carbocycles. The first-order chi connectivity index (χ1) is 17.4. The third kappa shape index (κ3) is 5.31. The van der Waals surface area contributed by atoms with Crippen molar-refractivity contribution in [2.75, 3.05) is 11.4 Å². The molecule has 4 aromatic rings. The molecule has 0 radical (unpaired) electrons. The zero-order valence-corrected chi connectivity index (χ0v) is 21.5. The zero-order valence-electron chi connectivity index (χ0n) is 20.7. The maximum absolute atomic E-state index is 13.9. The van der Waals surface area contributed by atoms with E-state index in [1.165, 1.54) is 18.0 Å². The van der Waals surface area contributed by atoms with Crippen LogP contribution in [0.15, 0.2) is 81.4 Å². The predicted octanol–water partition coefficient (Wildman–Crippen LogP) is 7.24. The van der Waals surface area contributed by atoms with Gasteiger partial charge in [0.05, 0.1) is 0 Å². The van der Waals surface area contributed by atoms with Crippen molar-refractivity contribution in [2.24, 2.45) is 0 Å². The third-order valence-electron chi connectivity index (χ3n) is 6.16. The van der Waals surface area contributed by atoms with Crippen LogP contribution in [-0.4, -0.2) is 21.6 Å². The van der Waals surface area contributed by atoms with E-state index in [1.807, 2.05) is 66.4 Å². The SMILES string of the molecule is CCCCc1[nH]c(=O)c(Sc2ccc(-c3ccnc(F)c3C)cc2)c(O)c1N(CC)c1ccccc1. The first kappa shape index (κ1) is 25.5. The molecule has 0 unspecified atom stereocenters. The number of hydrogen-bond acceptors (Lipinski definition) is 5. The van der Waals surface area contributed by atoms with Crippen molar-refractivity contribution in [3.8, 4) is 16.9 Å². The molecule has 2 heterocycles. The molecule has 0 fully saturated rings. The summed E-state index contributed by atoms with van der Waals surface area (Å²) in [5.41, 5.74) is 4.11. The van der Waals surface area contributed by atoms with Gasteiger partial charge in [-0.3, -0.25) is 4.79 Å². The Morgan fingerprint density at radius 1 is 1.06 bits per heavy atom. The molecule has 0 aliphatic rings. The van der Waals surface area contributed by atoms with Crippen LogP contribution in [0, 0.1) is 12.9 Å². The number of rotatable bonds is 9. The second kappa shape index (κ2) is 11.4. The van der Waals surface area contributed by atoms with Crippen molar-refractivity contribution >= 4 is 23.1 Å². The van der Waals surface area contributed by atoms with Crippen LogP contribution in [0.5, 0.6) is 5.75 Å². The highest BCUT2D eigenvalue weighted by atomic mass is 32.2. The van der Waals surface area contributed by atoms with Crippen molar-refractivity contribution in [1.82, 2.24) is 9.97 Å². The van der Waals surface area contributed by atoms with E-state index in [1.54, 1.807) is 13.0 Å². The van der Waals surface area contributed by atoms with E-state index in [-0.39, 0.29) is 16.2 Å². The molecule has 0 spiro atoms. The molecule has 2 aromatic heterocycles. The van der Waals surface area contributed by atoms with E-state index >= 15 is 0 Å². The molecular weight excluding hydrogens is 473 g/mol. The van der Waals surface area contributed by atoms with Crippen molar-refractivity contribution < 1.29 is 9.50 Å². The summed E-state index contributed by atoms with van der Waals surface area (Å²) in [7, 11) is 0. The molecule has 0 amide bonds. The number of anilines is 2. The van der Waals surface area contributed by atoms with E-state index in [4.69, 9.17) is 0 Å². The summed E-state index contributed by atoms with van der Waals surface area (Å²) in [4.78, 5) is 22.9. The van der Waals surface area contributed by atoms with Gasteiger partial charge in [0.2, 0.25) is 5.95 Å². The van der Waals surface area contributed by atoms with E-state index in [9.17, 15) is 14.3 Å². The predicted molar refractivity (Wildman–Crippen MR) is 145 cm³/mol. The molecule has 4 rings (SSSR count). The highest BCUT2D eigenvalue weighted by molar-refractivity contribution is 7.99. The minimum Gasteiger partial charge on any atom is -0.504 e. The average Bonchev–Trinajstić information content (AvgIpc) is 2.90. The maximum atomic E-state index is 13.9. The Bertz CT molecular complexity index is 1390. The number of aromatic nitrogens is 2. The summed E-state index contributed by atoms with van der Waals surface area (Å²) in [6.45, 7) is 6.45. The first-order valence-electron chi connectivity index (χ1n) is 12.1. The van der Waals surface area contributed by atoms with Gasteiger partial charge in [-0.15, -0.1) is 0 Å². The van der Waals surface area contributed by atoms with Crippen molar-refractivity contribution in [3.05, 3.63) is 94.4 Å². The van der Waals surface area contributed by atoms with Crippen LogP contribution in [0.4, 0.5) is 15.8 Å². The lowest BCUT2D eigenvalue weighted by Gasteiger charge is -2.27. The van der Waals surface area contributed by atoms with Gasteiger partial charge in [0.25, 0.3) is 5.56 Å². The van der Waals surface area contributed by atoms with Gasteiger partial charge in [-0.05, 0) is 68.1 Å². The smallest absolute Gasteiger partial charge is 0.266 e. The molecule has 186 valence electrons. The summed E-state index contributed by atoms with van der Waals surface area (Å²) in [6.07, 6.45) is 3.99. The molecule has 0 saturated carbocycles. The lowest BCUT2D eigenvalue weighted by atomic mass is 10.0. The number of nitrogens with zero attached hydrogens (tertiary/aromatic N) is 2. The van der Waals surface area contributed by atoms with E-state index < -0.39 is 5.95 Å². The quantitative estimate of drug-likeness (QED) is 0.236. The number of halogens is 1. The fourth-order valence-electron chi connectivity index (χ4n) is 4.25. The number of aryl methyl sites for hydroxylation is 1. The number of H-pyrrole nitrogens is 1. The lowest BCUT2D eigenvalue weighted by molar-refractivity contribution is 0.458. The van der Waals surface area contributed by atoms with Gasteiger partial charge < -0.3 is 15.0 Å². The standard InChI is InChI=1S/C29H30FN3O2S/c1-4-6-12-24-25(33(5-2)21-10-8-7-9-11-21)26(34)27(29(35)32-24)36-22-15-13-20(14-16-22)23-17-18-31-28(30)19(23)3/h7-11,13-18H,4-6,12H2,1-3H3,(H2,32,34,35). The Kier molecular flexibility index (Phi) is 8.10. The summed E-state index contributed by atoms with van der Waals surface area (Å²) in [5.74, 6) is -0.506. The largest absolute Gasteiger partial charge is 0.504 e. The number of aromatic hydroxyl groups is 1. The molecule has 7 heteroatoms. The number of benzene rings is 2. The molecule has 5 nitrogen and oxygen atoms in total. The van der Waals surface area contributed by atoms with Gasteiger partial charge in [0.15, 0.2) is 5.75 Å². The minimum absolute atomic E-state index is 0.0170. The summed E-state index contributed by atoms with van der Waals surface area (Å²) in [5, 5.41) is 11.4. The van der Waals surface area contributed by atoms with Crippen LogP contribution in [-0.2, 0) is 6.42 Å².